The van der Waals surface area contributed by atoms with Gasteiger partial charge in [0.1, 0.15) is 12.4 Å². The van der Waals surface area contributed by atoms with Crippen LogP contribution in [-0.2, 0) is 0 Å². The van der Waals surface area contributed by atoms with Crippen molar-refractivity contribution in [2.75, 3.05) is 51.3 Å². The number of aliphatic hydroxyl groups is 1. The van der Waals surface area contributed by atoms with Gasteiger partial charge in [0, 0.05) is 50.0 Å². The zero-order valence-electron chi connectivity index (χ0n) is 19.9. The molecule has 0 bridgehead atoms. The van der Waals surface area contributed by atoms with Crippen LogP contribution in [0.25, 0.3) is 0 Å². The molecule has 4 rings (SSSR count). The molecule has 2 aliphatic heterocycles. The maximum Gasteiger partial charge on any atom is 0.253 e. The Balaban J connectivity index is 1.22. The number of hydrogen-bond donors (Lipinski definition) is 1. The number of piperidine rings is 2. The van der Waals surface area contributed by atoms with Crippen molar-refractivity contribution >= 4 is 11.6 Å². The number of benzene rings is 2. The average Bonchev–Trinajstić information content (AvgIpc) is 2.85. The number of aliphatic hydroxyl groups excluding tert-OH is 1. The lowest BCUT2D eigenvalue weighted by molar-refractivity contribution is 0.0474. The van der Waals surface area contributed by atoms with Crippen LogP contribution in [0.1, 0.15) is 41.6 Å². The van der Waals surface area contributed by atoms with Crippen molar-refractivity contribution in [3.05, 3.63) is 59.7 Å². The first-order chi connectivity index (χ1) is 16.0. The molecule has 2 aromatic carbocycles. The molecule has 33 heavy (non-hydrogen) atoms. The minimum atomic E-state index is -0.393. The molecule has 2 aromatic rings. The van der Waals surface area contributed by atoms with E-state index in [2.05, 4.69) is 48.0 Å². The van der Waals surface area contributed by atoms with Crippen LogP contribution in [0.15, 0.2) is 48.5 Å². The Morgan fingerprint density at radius 1 is 1.03 bits per heavy atom. The van der Waals surface area contributed by atoms with Crippen molar-refractivity contribution in [1.29, 1.82) is 0 Å². The molecule has 0 aromatic heterocycles. The third-order valence-corrected chi connectivity index (χ3v) is 6.98. The van der Waals surface area contributed by atoms with Crippen molar-refractivity contribution < 1.29 is 14.6 Å². The second kappa shape index (κ2) is 11.0. The third kappa shape index (κ3) is 6.27. The first kappa shape index (κ1) is 23.6. The summed E-state index contributed by atoms with van der Waals surface area (Å²) in [4.78, 5) is 19.3. The topological polar surface area (TPSA) is 56.2 Å². The number of likely N-dealkylation sites (tertiary alicyclic amines) is 1. The van der Waals surface area contributed by atoms with Gasteiger partial charge in [-0.05, 0) is 76.1 Å². The van der Waals surface area contributed by atoms with E-state index < -0.39 is 6.10 Å². The standard InChI is InChI=1S/C27H37N3O3/c1-21-5-11-26(12-6-21)33-19-18-28(2)23-13-16-29(17-14-23)24-9-7-22(8-10-24)27(32)30-15-3-4-25(31)20-30/h5-12,23,25,31H,3-4,13-20H2,1-2H3/t25-/m0/s1. The zero-order chi connectivity index (χ0) is 23.2. The first-order valence-electron chi connectivity index (χ1n) is 12.2. The molecule has 6 nitrogen and oxygen atoms in total. The van der Waals surface area contributed by atoms with Crippen molar-refractivity contribution in [1.82, 2.24) is 9.80 Å². The molecule has 178 valence electrons. The number of anilines is 1. The van der Waals surface area contributed by atoms with E-state index in [0.29, 0.717) is 24.8 Å². The SMILES string of the molecule is Cc1ccc(OCCN(C)C2CCN(c3ccc(C(=O)N4CCC[C@H](O)C4)cc3)CC2)cc1. The second-order valence-electron chi connectivity index (χ2n) is 9.45. The number of likely N-dealkylation sites (N-methyl/N-ethyl adjacent to an activating group) is 1. The van der Waals surface area contributed by atoms with Crippen LogP contribution in [-0.4, -0.2) is 79.3 Å². The maximum absolute atomic E-state index is 12.7. The summed E-state index contributed by atoms with van der Waals surface area (Å²) in [6, 6.07) is 16.8. The van der Waals surface area contributed by atoms with E-state index in [0.717, 1.165) is 57.6 Å². The van der Waals surface area contributed by atoms with Crippen LogP contribution in [0, 0.1) is 6.92 Å². The summed E-state index contributed by atoms with van der Waals surface area (Å²) in [7, 11) is 2.19. The molecule has 1 N–H and O–H groups in total. The van der Waals surface area contributed by atoms with Gasteiger partial charge in [0.25, 0.3) is 5.91 Å². The van der Waals surface area contributed by atoms with Crippen LogP contribution in [0.4, 0.5) is 5.69 Å². The predicted molar refractivity (Wildman–Crippen MR) is 132 cm³/mol. The Morgan fingerprint density at radius 3 is 2.39 bits per heavy atom. The lowest BCUT2D eigenvalue weighted by atomic mass is 10.0. The van der Waals surface area contributed by atoms with Crippen LogP contribution in [0.2, 0.25) is 0 Å². The molecule has 2 heterocycles. The van der Waals surface area contributed by atoms with Crippen LogP contribution in [0.3, 0.4) is 0 Å². The lowest BCUT2D eigenvalue weighted by Gasteiger charge is -2.38. The normalized spacial score (nSPS) is 19.7. The van der Waals surface area contributed by atoms with Gasteiger partial charge < -0.3 is 19.6 Å². The summed E-state index contributed by atoms with van der Waals surface area (Å²) in [5.74, 6) is 0.954. The van der Waals surface area contributed by atoms with Crippen molar-refractivity contribution in [3.63, 3.8) is 0 Å². The largest absolute Gasteiger partial charge is 0.492 e. The number of nitrogens with zero attached hydrogens (tertiary/aromatic N) is 3. The quantitative estimate of drug-likeness (QED) is 0.698. The highest BCUT2D eigenvalue weighted by Gasteiger charge is 2.25. The summed E-state index contributed by atoms with van der Waals surface area (Å²) >= 11 is 0. The molecule has 2 aliphatic rings. The van der Waals surface area contributed by atoms with Crippen LogP contribution in [0.5, 0.6) is 5.75 Å². The number of ether oxygens (including phenoxy) is 1. The van der Waals surface area contributed by atoms with Gasteiger partial charge in [0.15, 0.2) is 0 Å². The minimum absolute atomic E-state index is 0.0217. The second-order valence-corrected chi connectivity index (χ2v) is 9.45. The van der Waals surface area contributed by atoms with E-state index in [1.165, 1.54) is 11.3 Å². The van der Waals surface area contributed by atoms with E-state index in [-0.39, 0.29) is 5.91 Å². The number of carbonyl (C=O) groups excluding carboxylic acids is 1. The Kier molecular flexibility index (Phi) is 7.89. The monoisotopic (exact) mass is 451 g/mol. The Bertz CT molecular complexity index is 892. The van der Waals surface area contributed by atoms with Gasteiger partial charge in [-0.2, -0.15) is 0 Å². The average molecular weight is 452 g/mol. The number of aryl methyl sites for hydroxylation is 1. The van der Waals surface area contributed by atoms with Crippen molar-refractivity contribution in [3.8, 4) is 5.75 Å². The molecule has 0 saturated carbocycles. The highest BCUT2D eigenvalue weighted by molar-refractivity contribution is 5.94. The van der Waals surface area contributed by atoms with Gasteiger partial charge in [-0.1, -0.05) is 17.7 Å². The highest BCUT2D eigenvalue weighted by Crippen LogP contribution is 2.23. The molecule has 0 aliphatic carbocycles. The van der Waals surface area contributed by atoms with Gasteiger partial charge >= 0.3 is 0 Å². The molecule has 1 atom stereocenters. The summed E-state index contributed by atoms with van der Waals surface area (Å²) < 4.78 is 5.90. The summed E-state index contributed by atoms with van der Waals surface area (Å²) in [5.41, 5.74) is 3.12. The molecule has 1 amide bonds. The number of amides is 1. The molecule has 0 spiro atoms. The fraction of sp³-hybridized carbons (Fsp3) is 0.519. The maximum atomic E-state index is 12.7. The van der Waals surface area contributed by atoms with Crippen molar-refractivity contribution in [2.24, 2.45) is 0 Å². The fourth-order valence-corrected chi connectivity index (χ4v) is 4.83. The van der Waals surface area contributed by atoms with Gasteiger partial charge in [-0.3, -0.25) is 9.69 Å². The van der Waals surface area contributed by atoms with Crippen LogP contribution < -0.4 is 9.64 Å². The molecule has 2 saturated heterocycles. The van der Waals surface area contributed by atoms with E-state index in [1.807, 2.05) is 24.3 Å². The Labute approximate surface area is 197 Å². The Hall–Kier alpha value is -2.57. The lowest BCUT2D eigenvalue weighted by Crippen LogP contribution is -2.44. The number of hydrogen-bond acceptors (Lipinski definition) is 5. The summed E-state index contributed by atoms with van der Waals surface area (Å²) in [5, 5.41) is 9.85. The van der Waals surface area contributed by atoms with Gasteiger partial charge in [-0.25, -0.2) is 0 Å². The summed E-state index contributed by atoms with van der Waals surface area (Å²) in [6.07, 6.45) is 3.50. The van der Waals surface area contributed by atoms with E-state index >= 15 is 0 Å². The fourth-order valence-electron chi connectivity index (χ4n) is 4.83. The van der Waals surface area contributed by atoms with E-state index in [9.17, 15) is 9.90 Å². The number of carbonyl (C=O) groups is 1. The molecule has 6 heteroatoms. The smallest absolute Gasteiger partial charge is 0.253 e. The third-order valence-electron chi connectivity index (χ3n) is 6.98. The van der Waals surface area contributed by atoms with E-state index in [1.54, 1.807) is 4.90 Å². The number of β-amino-alcohol motifs (C(OH)–C–C–N with tert-alkyl or cyclic N) is 1. The molecular formula is C27H37N3O3. The zero-order valence-corrected chi connectivity index (χ0v) is 19.9. The van der Waals surface area contributed by atoms with Gasteiger partial charge in [0.05, 0.1) is 6.10 Å². The molecule has 2 fully saturated rings. The van der Waals surface area contributed by atoms with Crippen molar-refractivity contribution in [2.45, 2.75) is 44.8 Å². The molecular weight excluding hydrogens is 414 g/mol. The van der Waals surface area contributed by atoms with Gasteiger partial charge in [-0.15, -0.1) is 0 Å². The number of rotatable bonds is 7. The summed E-state index contributed by atoms with van der Waals surface area (Å²) in [6.45, 7) is 6.90. The molecule has 0 radical (unpaired) electrons. The van der Waals surface area contributed by atoms with E-state index in [4.69, 9.17) is 4.74 Å². The predicted octanol–water partition coefficient (Wildman–Crippen LogP) is 3.57. The van der Waals surface area contributed by atoms with Gasteiger partial charge in [0.2, 0.25) is 0 Å². The highest BCUT2D eigenvalue weighted by atomic mass is 16.5. The minimum Gasteiger partial charge on any atom is -0.492 e. The van der Waals surface area contributed by atoms with Crippen LogP contribution >= 0.6 is 0 Å². The first-order valence-corrected chi connectivity index (χ1v) is 12.2. The Morgan fingerprint density at radius 2 is 1.73 bits per heavy atom. The molecule has 0 unspecified atom stereocenters.